The molecule has 6 N–H and O–H groups in total. The molecule has 9 nitrogen and oxygen atoms in total. The molecule has 0 aromatic heterocycles. The Labute approximate surface area is 83.8 Å². The highest BCUT2D eigenvalue weighted by Crippen LogP contribution is 2.35. The highest BCUT2D eigenvalue weighted by atomic mass is 31.2. The van der Waals surface area contributed by atoms with E-state index in [1.165, 1.54) is 0 Å². The molecule has 0 aromatic carbocycles. The fourth-order valence-electron chi connectivity index (χ4n) is 0.629. The molecule has 0 aliphatic heterocycles. The summed E-state index contributed by atoms with van der Waals surface area (Å²) in [6.07, 6.45) is -6.29. The SMILES string of the molecule is O=C(O)[C@H](O)[C@H](O)[C@H](O)COP(=O)(O)O. The highest BCUT2D eigenvalue weighted by molar-refractivity contribution is 7.46. The van der Waals surface area contributed by atoms with E-state index in [1.54, 1.807) is 0 Å². The molecule has 0 aromatic rings. The van der Waals surface area contributed by atoms with Crippen LogP contribution in [0.1, 0.15) is 0 Å². The molecule has 3 atom stereocenters. The first-order valence-corrected chi connectivity index (χ1v) is 5.15. The van der Waals surface area contributed by atoms with Gasteiger partial charge in [-0.1, -0.05) is 0 Å². The number of rotatable bonds is 6. The molecule has 0 saturated heterocycles. The lowest BCUT2D eigenvalue weighted by molar-refractivity contribution is -0.159. The summed E-state index contributed by atoms with van der Waals surface area (Å²) >= 11 is 0. The van der Waals surface area contributed by atoms with Gasteiger partial charge >= 0.3 is 13.8 Å². The number of hydrogen-bond acceptors (Lipinski definition) is 6. The van der Waals surface area contributed by atoms with Gasteiger partial charge in [0.05, 0.1) is 6.61 Å². The molecule has 10 heteroatoms. The predicted octanol–water partition coefficient (Wildman–Crippen LogP) is -2.74. The number of phosphoric acid groups is 1. The standard InChI is InChI=1S/C5H11O9P/c6-2(1-14-15(11,12)13)3(7)4(8)5(9)10/h2-4,6-8H,1H2,(H,9,10)(H2,11,12,13)/t2-,3-,4-/m1/s1. The van der Waals surface area contributed by atoms with Gasteiger partial charge in [0.1, 0.15) is 12.2 Å². The van der Waals surface area contributed by atoms with Crippen molar-refractivity contribution in [2.45, 2.75) is 18.3 Å². The topological polar surface area (TPSA) is 165 Å². The number of carbonyl (C=O) groups is 1. The molecule has 15 heavy (non-hydrogen) atoms. The fourth-order valence-corrected chi connectivity index (χ4v) is 0.975. The normalized spacial score (nSPS) is 18.2. The Balaban J connectivity index is 4.16. The largest absolute Gasteiger partial charge is 0.479 e. The van der Waals surface area contributed by atoms with E-state index >= 15 is 0 Å². The van der Waals surface area contributed by atoms with E-state index in [0.717, 1.165) is 0 Å². The first kappa shape index (κ1) is 14.5. The van der Waals surface area contributed by atoms with Crippen molar-refractivity contribution < 1.29 is 44.1 Å². The molecule has 0 bridgehead atoms. The van der Waals surface area contributed by atoms with Crippen molar-refractivity contribution in [3.63, 3.8) is 0 Å². The van der Waals surface area contributed by atoms with Gasteiger partial charge in [-0.3, -0.25) is 4.52 Å². The van der Waals surface area contributed by atoms with Crippen molar-refractivity contribution in [2.75, 3.05) is 6.61 Å². The Morgan fingerprint density at radius 2 is 1.73 bits per heavy atom. The zero-order valence-electron chi connectivity index (χ0n) is 7.29. The van der Waals surface area contributed by atoms with E-state index in [2.05, 4.69) is 4.52 Å². The fraction of sp³-hybridized carbons (Fsp3) is 0.800. The lowest BCUT2D eigenvalue weighted by atomic mass is 10.1. The number of aliphatic hydroxyl groups excluding tert-OH is 3. The Bertz CT molecular complexity index is 259. The Morgan fingerprint density at radius 3 is 2.07 bits per heavy atom. The van der Waals surface area contributed by atoms with Crippen molar-refractivity contribution in [1.29, 1.82) is 0 Å². The molecular weight excluding hydrogens is 235 g/mol. The van der Waals surface area contributed by atoms with Crippen LogP contribution in [0.5, 0.6) is 0 Å². The van der Waals surface area contributed by atoms with Crippen LogP contribution < -0.4 is 0 Å². The quantitative estimate of drug-likeness (QED) is 0.272. The number of hydrogen-bond donors (Lipinski definition) is 6. The average Bonchev–Trinajstić information content (AvgIpc) is 2.10. The van der Waals surface area contributed by atoms with Gasteiger partial charge in [0, 0.05) is 0 Å². The minimum atomic E-state index is -4.81. The summed E-state index contributed by atoms with van der Waals surface area (Å²) < 4.78 is 14.0. The van der Waals surface area contributed by atoms with Crippen molar-refractivity contribution >= 4 is 13.8 Å². The predicted molar refractivity (Wildman–Crippen MR) is 43.7 cm³/mol. The van der Waals surface area contributed by atoms with Crippen molar-refractivity contribution in [3.05, 3.63) is 0 Å². The Hall–Kier alpha value is -0.540. The van der Waals surface area contributed by atoms with Crippen molar-refractivity contribution in [2.24, 2.45) is 0 Å². The summed E-state index contributed by atoms with van der Waals surface area (Å²) in [5.74, 6) is -1.78. The number of phosphoric ester groups is 1. The lowest BCUT2D eigenvalue weighted by Crippen LogP contribution is -2.44. The number of carboxylic acid groups (broad SMARTS) is 1. The maximum absolute atomic E-state index is 10.2. The van der Waals surface area contributed by atoms with E-state index in [9.17, 15) is 9.36 Å². The number of aliphatic hydroxyl groups is 3. The summed E-state index contributed by atoms with van der Waals surface area (Å²) in [6.45, 7) is -1.00. The molecule has 0 saturated carbocycles. The zero-order chi connectivity index (χ0) is 12.2. The maximum Gasteiger partial charge on any atom is 0.469 e. The molecule has 0 unspecified atom stereocenters. The van der Waals surface area contributed by atoms with Crippen LogP contribution in [-0.4, -0.2) is 61.1 Å². The van der Waals surface area contributed by atoms with Gasteiger partial charge in [-0.15, -0.1) is 0 Å². The summed E-state index contributed by atoms with van der Waals surface area (Å²) in [4.78, 5) is 26.6. The monoisotopic (exact) mass is 246 g/mol. The van der Waals surface area contributed by atoms with Gasteiger partial charge in [-0.25, -0.2) is 9.36 Å². The molecule has 90 valence electrons. The van der Waals surface area contributed by atoms with E-state index < -0.39 is 38.7 Å². The second-order valence-corrected chi connectivity index (χ2v) is 3.87. The minimum absolute atomic E-state index is 1.00. The first-order valence-electron chi connectivity index (χ1n) is 3.62. The summed E-state index contributed by atoms with van der Waals surface area (Å²) in [6, 6.07) is 0. The van der Waals surface area contributed by atoms with Crippen LogP contribution in [0.25, 0.3) is 0 Å². The summed E-state index contributed by atoms with van der Waals surface area (Å²) in [7, 11) is -4.81. The van der Waals surface area contributed by atoms with Gasteiger partial charge in [0.25, 0.3) is 0 Å². The molecule has 0 rings (SSSR count). The van der Waals surface area contributed by atoms with Gasteiger partial charge in [0.15, 0.2) is 6.10 Å². The van der Waals surface area contributed by atoms with Crippen LogP contribution in [0.4, 0.5) is 0 Å². The third-order valence-electron chi connectivity index (χ3n) is 1.38. The van der Waals surface area contributed by atoms with E-state index in [1.807, 2.05) is 0 Å². The lowest BCUT2D eigenvalue weighted by Gasteiger charge is -2.19. The first-order chi connectivity index (χ1) is 6.65. The van der Waals surface area contributed by atoms with Gasteiger partial charge in [0.2, 0.25) is 0 Å². The van der Waals surface area contributed by atoms with Gasteiger partial charge in [-0.05, 0) is 0 Å². The smallest absolute Gasteiger partial charge is 0.469 e. The summed E-state index contributed by atoms with van der Waals surface area (Å²) in [5, 5.41) is 34.8. The Kier molecular flexibility index (Phi) is 5.32. The second kappa shape index (κ2) is 5.52. The molecule has 0 aliphatic rings. The number of aliphatic carboxylic acids is 1. The molecule has 0 fully saturated rings. The van der Waals surface area contributed by atoms with E-state index in [0.29, 0.717) is 0 Å². The van der Waals surface area contributed by atoms with Crippen molar-refractivity contribution in [1.82, 2.24) is 0 Å². The van der Waals surface area contributed by atoms with Crippen molar-refractivity contribution in [3.8, 4) is 0 Å². The van der Waals surface area contributed by atoms with Crippen LogP contribution in [0.2, 0.25) is 0 Å². The minimum Gasteiger partial charge on any atom is -0.479 e. The van der Waals surface area contributed by atoms with E-state index in [-0.39, 0.29) is 0 Å². The maximum atomic E-state index is 10.2. The second-order valence-electron chi connectivity index (χ2n) is 2.63. The zero-order valence-corrected chi connectivity index (χ0v) is 8.19. The summed E-state index contributed by atoms with van der Waals surface area (Å²) in [5.41, 5.74) is 0. The average molecular weight is 246 g/mol. The third kappa shape index (κ3) is 5.80. The molecular formula is C5H11O9P. The van der Waals surface area contributed by atoms with E-state index in [4.69, 9.17) is 30.2 Å². The molecule has 0 spiro atoms. The highest BCUT2D eigenvalue weighted by Gasteiger charge is 2.31. The van der Waals surface area contributed by atoms with Crippen LogP contribution in [0.15, 0.2) is 0 Å². The van der Waals surface area contributed by atoms with Gasteiger partial charge in [-0.2, -0.15) is 0 Å². The molecule has 0 heterocycles. The molecule has 0 radical (unpaired) electrons. The van der Waals surface area contributed by atoms with Crippen LogP contribution >= 0.6 is 7.82 Å². The van der Waals surface area contributed by atoms with Crippen LogP contribution in [0, 0.1) is 0 Å². The third-order valence-corrected chi connectivity index (χ3v) is 1.87. The number of carboxylic acids is 1. The van der Waals surface area contributed by atoms with Crippen LogP contribution in [0.3, 0.4) is 0 Å². The van der Waals surface area contributed by atoms with Gasteiger partial charge < -0.3 is 30.2 Å². The Morgan fingerprint density at radius 1 is 1.27 bits per heavy atom. The van der Waals surface area contributed by atoms with Crippen LogP contribution in [-0.2, 0) is 13.9 Å². The molecule has 0 amide bonds. The molecule has 0 aliphatic carbocycles.